The zero-order valence-corrected chi connectivity index (χ0v) is 15.7. The Kier molecular flexibility index (Phi) is 4.11. The molecule has 1 N–H and O–H groups in total. The number of benzene rings is 2. The second kappa shape index (κ2) is 6.46. The molecule has 1 aliphatic rings. The second-order valence-corrected chi connectivity index (χ2v) is 6.50. The number of hydrogen-bond acceptors (Lipinski definition) is 5. The van der Waals surface area contributed by atoms with Gasteiger partial charge in [0.1, 0.15) is 0 Å². The minimum absolute atomic E-state index is 0.00157. The Hall–Kier alpha value is -3.28. The van der Waals surface area contributed by atoms with Crippen molar-refractivity contribution in [1.29, 1.82) is 0 Å². The van der Waals surface area contributed by atoms with Crippen molar-refractivity contribution in [3.05, 3.63) is 59.3 Å². The fourth-order valence-corrected chi connectivity index (χ4v) is 3.84. The fraction of sp³-hybridized carbons (Fsp3) is 0.238. The maximum atomic E-state index is 12.6. The molecular weight excluding hydrogens is 342 g/mol. The number of para-hydroxylation sites is 3. The molecule has 27 heavy (non-hydrogen) atoms. The van der Waals surface area contributed by atoms with Crippen molar-refractivity contribution in [1.82, 2.24) is 9.55 Å². The summed E-state index contributed by atoms with van der Waals surface area (Å²) in [5.74, 6) is 1.94. The van der Waals surface area contributed by atoms with Crippen LogP contribution in [0.4, 0.5) is 5.95 Å². The summed E-state index contributed by atoms with van der Waals surface area (Å²) in [4.78, 5) is 17.3. The van der Waals surface area contributed by atoms with E-state index in [0.29, 0.717) is 23.0 Å². The SMILES string of the molecule is COc1cccc([C@H]2C(C(C)=O)=C(C)Nc3nc4ccccc4n32)c1OC. The molecule has 138 valence electrons. The van der Waals surface area contributed by atoms with Crippen molar-refractivity contribution in [3.8, 4) is 11.5 Å². The maximum Gasteiger partial charge on any atom is 0.209 e. The monoisotopic (exact) mass is 363 g/mol. The minimum Gasteiger partial charge on any atom is -0.493 e. The Morgan fingerprint density at radius 1 is 1.11 bits per heavy atom. The molecule has 0 aliphatic carbocycles. The number of ether oxygens (including phenoxy) is 2. The van der Waals surface area contributed by atoms with Gasteiger partial charge in [0.05, 0.1) is 31.3 Å². The number of nitrogens with one attached hydrogen (secondary N) is 1. The van der Waals surface area contributed by atoms with Gasteiger partial charge in [0.25, 0.3) is 0 Å². The summed E-state index contributed by atoms with van der Waals surface area (Å²) < 4.78 is 13.2. The predicted molar refractivity (Wildman–Crippen MR) is 104 cm³/mol. The predicted octanol–water partition coefficient (Wildman–Crippen LogP) is 3.93. The van der Waals surface area contributed by atoms with Gasteiger partial charge < -0.3 is 14.8 Å². The number of Topliss-reactive ketones (excluding diaryl/α,β-unsaturated/α-hetero) is 1. The van der Waals surface area contributed by atoms with E-state index >= 15 is 0 Å². The third-order valence-electron chi connectivity index (χ3n) is 4.94. The van der Waals surface area contributed by atoms with Gasteiger partial charge in [-0.25, -0.2) is 4.98 Å². The van der Waals surface area contributed by atoms with Gasteiger partial charge in [-0.1, -0.05) is 24.3 Å². The van der Waals surface area contributed by atoms with E-state index in [-0.39, 0.29) is 11.8 Å². The lowest BCUT2D eigenvalue weighted by molar-refractivity contribution is -0.114. The van der Waals surface area contributed by atoms with Crippen LogP contribution in [0.25, 0.3) is 11.0 Å². The number of carbonyl (C=O) groups excluding carboxylic acids is 1. The van der Waals surface area contributed by atoms with Crippen LogP contribution in [0.1, 0.15) is 25.5 Å². The quantitative estimate of drug-likeness (QED) is 0.761. The molecule has 1 atom stereocenters. The van der Waals surface area contributed by atoms with Gasteiger partial charge in [-0.15, -0.1) is 0 Å². The van der Waals surface area contributed by atoms with Gasteiger partial charge >= 0.3 is 0 Å². The number of anilines is 1. The molecule has 0 saturated heterocycles. The molecule has 0 spiro atoms. The van der Waals surface area contributed by atoms with Crippen molar-refractivity contribution < 1.29 is 14.3 Å². The molecule has 2 heterocycles. The largest absolute Gasteiger partial charge is 0.493 e. The minimum atomic E-state index is -0.365. The van der Waals surface area contributed by atoms with Gasteiger partial charge in [-0.3, -0.25) is 9.36 Å². The molecule has 0 unspecified atom stereocenters. The van der Waals surface area contributed by atoms with E-state index in [1.165, 1.54) is 0 Å². The highest BCUT2D eigenvalue weighted by Crippen LogP contribution is 2.44. The lowest BCUT2D eigenvalue weighted by Gasteiger charge is -2.31. The van der Waals surface area contributed by atoms with E-state index in [4.69, 9.17) is 14.5 Å². The van der Waals surface area contributed by atoms with Crippen LogP contribution in [0, 0.1) is 0 Å². The van der Waals surface area contributed by atoms with E-state index in [0.717, 1.165) is 22.3 Å². The highest BCUT2D eigenvalue weighted by atomic mass is 16.5. The van der Waals surface area contributed by atoms with E-state index in [9.17, 15) is 4.79 Å². The first-order valence-electron chi connectivity index (χ1n) is 8.73. The van der Waals surface area contributed by atoms with Crippen molar-refractivity contribution in [3.63, 3.8) is 0 Å². The molecule has 2 aromatic carbocycles. The van der Waals surface area contributed by atoms with Crippen molar-refractivity contribution in [2.24, 2.45) is 0 Å². The number of allylic oxidation sites excluding steroid dienone is 2. The van der Waals surface area contributed by atoms with Crippen LogP contribution >= 0.6 is 0 Å². The zero-order chi connectivity index (χ0) is 19.1. The Balaban J connectivity index is 2.07. The number of ketones is 1. The lowest BCUT2D eigenvalue weighted by Crippen LogP contribution is -2.27. The van der Waals surface area contributed by atoms with Gasteiger partial charge in [0.2, 0.25) is 5.95 Å². The number of aromatic nitrogens is 2. The van der Waals surface area contributed by atoms with Crippen molar-refractivity contribution in [2.75, 3.05) is 19.5 Å². The van der Waals surface area contributed by atoms with Crippen molar-refractivity contribution in [2.45, 2.75) is 19.9 Å². The topological polar surface area (TPSA) is 65.4 Å². The molecular formula is C21H21N3O3. The Bertz CT molecular complexity index is 1080. The van der Waals surface area contributed by atoms with Crippen LogP contribution in [0.3, 0.4) is 0 Å². The summed E-state index contributed by atoms with van der Waals surface area (Å²) >= 11 is 0. The van der Waals surface area contributed by atoms with Crippen LogP contribution < -0.4 is 14.8 Å². The number of hydrogen-bond donors (Lipinski definition) is 1. The average Bonchev–Trinajstić information content (AvgIpc) is 3.03. The number of fused-ring (bicyclic) bond motifs is 3. The molecule has 0 bridgehead atoms. The van der Waals surface area contributed by atoms with Crippen LogP contribution in [0.2, 0.25) is 0 Å². The van der Waals surface area contributed by atoms with Gasteiger partial charge in [-0.2, -0.15) is 0 Å². The molecule has 0 radical (unpaired) electrons. The molecule has 0 fully saturated rings. The van der Waals surface area contributed by atoms with Crippen LogP contribution in [-0.2, 0) is 4.79 Å². The van der Waals surface area contributed by atoms with Crippen molar-refractivity contribution >= 4 is 22.8 Å². The highest BCUT2D eigenvalue weighted by Gasteiger charge is 2.34. The van der Waals surface area contributed by atoms with Gasteiger partial charge in [-0.05, 0) is 32.0 Å². The van der Waals surface area contributed by atoms with Crippen LogP contribution in [-0.4, -0.2) is 29.6 Å². The number of rotatable bonds is 4. The Labute approximate surface area is 157 Å². The third kappa shape index (κ3) is 2.56. The van der Waals surface area contributed by atoms with E-state index in [1.54, 1.807) is 21.1 Å². The van der Waals surface area contributed by atoms with Gasteiger partial charge in [0.15, 0.2) is 17.3 Å². The van der Waals surface area contributed by atoms with E-state index < -0.39 is 0 Å². The number of carbonyl (C=O) groups is 1. The molecule has 6 nitrogen and oxygen atoms in total. The first-order valence-corrected chi connectivity index (χ1v) is 8.73. The molecule has 1 aromatic heterocycles. The first kappa shape index (κ1) is 17.1. The smallest absolute Gasteiger partial charge is 0.209 e. The highest BCUT2D eigenvalue weighted by molar-refractivity contribution is 5.98. The van der Waals surface area contributed by atoms with E-state index in [2.05, 4.69) is 9.88 Å². The standard InChI is InChI=1S/C21H21N3O3/c1-12-18(13(2)25)19(14-8-7-11-17(26-3)20(14)27-4)24-16-10-6-5-9-15(16)23-21(24)22-12/h5-11,19H,1-4H3,(H,22,23)/t19-/m0/s1. The normalized spacial score (nSPS) is 16.1. The van der Waals surface area contributed by atoms with Crippen LogP contribution in [0.5, 0.6) is 11.5 Å². The molecule has 3 aromatic rings. The third-order valence-corrected chi connectivity index (χ3v) is 4.94. The van der Waals surface area contributed by atoms with Crippen LogP contribution in [0.15, 0.2) is 53.7 Å². The van der Waals surface area contributed by atoms with Gasteiger partial charge in [0, 0.05) is 16.8 Å². The summed E-state index contributed by atoms with van der Waals surface area (Å²) in [7, 11) is 3.22. The van der Waals surface area contributed by atoms with E-state index in [1.807, 2.05) is 49.4 Å². The number of methoxy groups -OCH3 is 2. The summed E-state index contributed by atoms with van der Waals surface area (Å²) in [5, 5.41) is 3.29. The summed E-state index contributed by atoms with van der Waals surface area (Å²) in [6.07, 6.45) is 0. The zero-order valence-electron chi connectivity index (χ0n) is 15.7. The Morgan fingerprint density at radius 2 is 1.89 bits per heavy atom. The molecule has 4 rings (SSSR count). The average molecular weight is 363 g/mol. The molecule has 1 aliphatic heterocycles. The first-order chi connectivity index (χ1) is 13.1. The summed E-state index contributed by atoms with van der Waals surface area (Å²) in [6, 6.07) is 13.2. The lowest BCUT2D eigenvalue weighted by atomic mass is 9.91. The summed E-state index contributed by atoms with van der Waals surface area (Å²) in [6.45, 7) is 3.49. The molecule has 0 amide bonds. The number of nitrogens with zero attached hydrogens (tertiary/aromatic N) is 2. The number of imidazole rings is 1. The molecule has 0 saturated carbocycles. The Morgan fingerprint density at radius 3 is 2.59 bits per heavy atom. The maximum absolute atomic E-state index is 12.6. The summed E-state index contributed by atoms with van der Waals surface area (Å²) in [5.41, 5.74) is 4.13. The second-order valence-electron chi connectivity index (χ2n) is 6.50. The fourth-order valence-electron chi connectivity index (χ4n) is 3.84. The molecule has 6 heteroatoms.